The highest BCUT2D eigenvalue weighted by atomic mass is 35.5. The second-order valence-electron chi connectivity index (χ2n) is 5.68. The van der Waals surface area contributed by atoms with Crippen molar-refractivity contribution in [3.05, 3.63) is 40.5 Å². The second-order valence-corrected chi connectivity index (χ2v) is 6.12. The fourth-order valence-corrected chi connectivity index (χ4v) is 3.15. The first-order chi connectivity index (χ1) is 10.8. The molecular formula is C17H22ClN3O. The number of aromatic nitrogens is 2. The maximum absolute atomic E-state index is 9.01. The molecule has 4 nitrogen and oxygen atoms in total. The van der Waals surface area contributed by atoms with Gasteiger partial charge in [0.05, 0.1) is 11.4 Å². The summed E-state index contributed by atoms with van der Waals surface area (Å²) < 4.78 is 2.12. The molecule has 3 rings (SSSR count). The number of unbranched alkanes of at least 4 members (excludes halogenated alkanes) is 1. The zero-order chi connectivity index (χ0) is 15.4. The van der Waals surface area contributed by atoms with Crippen LogP contribution in [0.15, 0.2) is 24.3 Å². The van der Waals surface area contributed by atoms with Gasteiger partial charge in [-0.2, -0.15) is 5.10 Å². The summed E-state index contributed by atoms with van der Waals surface area (Å²) >= 11 is 6.02. The van der Waals surface area contributed by atoms with Crippen molar-refractivity contribution in [1.82, 2.24) is 15.1 Å². The van der Waals surface area contributed by atoms with E-state index in [0.29, 0.717) is 0 Å². The smallest absolute Gasteiger partial charge is 0.0717 e. The van der Waals surface area contributed by atoms with Crippen LogP contribution in [0.25, 0.3) is 11.3 Å². The highest BCUT2D eigenvalue weighted by Gasteiger charge is 2.20. The number of aliphatic hydroxyl groups excluding tert-OH is 1. The highest BCUT2D eigenvalue weighted by Crippen LogP contribution is 2.29. The lowest BCUT2D eigenvalue weighted by Gasteiger charge is -2.10. The zero-order valence-electron chi connectivity index (χ0n) is 12.7. The lowest BCUT2D eigenvalue weighted by Crippen LogP contribution is -2.17. The molecule has 0 fully saturated rings. The summed E-state index contributed by atoms with van der Waals surface area (Å²) in [5.41, 5.74) is 4.95. The van der Waals surface area contributed by atoms with Crippen LogP contribution < -0.4 is 5.32 Å². The predicted octanol–water partition coefficient (Wildman–Crippen LogP) is 2.66. The van der Waals surface area contributed by atoms with Crippen molar-refractivity contribution in [2.24, 2.45) is 0 Å². The van der Waals surface area contributed by atoms with E-state index < -0.39 is 0 Å². The Morgan fingerprint density at radius 1 is 1.14 bits per heavy atom. The van der Waals surface area contributed by atoms with E-state index >= 15 is 0 Å². The summed E-state index contributed by atoms with van der Waals surface area (Å²) in [6, 6.07) is 8.01. The molecule has 0 saturated carbocycles. The van der Waals surface area contributed by atoms with E-state index in [2.05, 4.69) is 22.1 Å². The lowest BCUT2D eigenvalue weighted by atomic mass is 10.0. The maximum Gasteiger partial charge on any atom is 0.0717 e. The Morgan fingerprint density at radius 2 is 1.91 bits per heavy atom. The SMILES string of the molecule is OCCCCn1nc2c(c1-c1ccc(Cl)cc1)CCNCC2. The number of fused-ring (bicyclic) bond motifs is 1. The molecule has 0 aliphatic carbocycles. The molecule has 0 amide bonds. The van der Waals surface area contributed by atoms with Gasteiger partial charge in [0.15, 0.2) is 0 Å². The minimum Gasteiger partial charge on any atom is -0.396 e. The quantitative estimate of drug-likeness (QED) is 0.833. The number of benzene rings is 1. The summed E-state index contributed by atoms with van der Waals surface area (Å²) in [4.78, 5) is 0. The molecule has 2 aromatic rings. The van der Waals surface area contributed by atoms with Gasteiger partial charge in [-0.15, -0.1) is 0 Å². The molecule has 0 saturated heterocycles. The average Bonchev–Trinajstić information content (AvgIpc) is 2.71. The van der Waals surface area contributed by atoms with Crippen molar-refractivity contribution >= 4 is 11.6 Å². The third-order valence-electron chi connectivity index (χ3n) is 4.12. The van der Waals surface area contributed by atoms with Crippen LogP contribution in [0.1, 0.15) is 24.1 Å². The molecule has 1 aliphatic heterocycles. The Morgan fingerprint density at radius 3 is 2.68 bits per heavy atom. The number of nitrogens with zero attached hydrogens (tertiary/aromatic N) is 2. The van der Waals surface area contributed by atoms with Gasteiger partial charge >= 0.3 is 0 Å². The monoisotopic (exact) mass is 319 g/mol. The van der Waals surface area contributed by atoms with Gasteiger partial charge < -0.3 is 10.4 Å². The Bertz CT molecular complexity index is 622. The van der Waals surface area contributed by atoms with Crippen LogP contribution in [-0.4, -0.2) is 34.6 Å². The Hall–Kier alpha value is -1.36. The number of hydrogen-bond acceptors (Lipinski definition) is 3. The molecule has 0 bridgehead atoms. The van der Waals surface area contributed by atoms with Gasteiger partial charge in [-0.05, 0) is 37.9 Å². The lowest BCUT2D eigenvalue weighted by molar-refractivity contribution is 0.280. The average molecular weight is 320 g/mol. The Labute approximate surface area is 136 Å². The van der Waals surface area contributed by atoms with E-state index in [9.17, 15) is 0 Å². The summed E-state index contributed by atoms with van der Waals surface area (Å²) in [5, 5.41) is 18.0. The summed E-state index contributed by atoms with van der Waals surface area (Å²) in [6.45, 7) is 3.07. The molecular weight excluding hydrogens is 298 g/mol. The summed E-state index contributed by atoms with van der Waals surface area (Å²) in [6.07, 6.45) is 3.73. The number of hydrogen-bond donors (Lipinski definition) is 2. The normalized spacial score (nSPS) is 14.6. The standard InChI is InChI=1S/C17H22ClN3O/c18-14-5-3-13(4-6-14)17-15-7-9-19-10-8-16(15)20-21(17)11-1-2-12-22/h3-6,19,22H,1-2,7-12H2. The summed E-state index contributed by atoms with van der Waals surface area (Å²) in [5.74, 6) is 0. The molecule has 0 radical (unpaired) electrons. The van der Waals surface area contributed by atoms with E-state index in [1.807, 2.05) is 12.1 Å². The first kappa shape index (κ1) is 15.5. The Balaban J connectivity index is 1.99. The van der Waals surface area contributed by atoms with Crippen molar-refractivity contribution < 1.29 is 5.11 Å². The molecule has 1 aromatic heterocycles. The number of aryl methyl sites for hydroxylation is 1. The van der Waals surface area contributed by atoms with E-state index in [4.69, 9.17) is 21.8 Å². The molecule has 0 atom stereocenters. The van der Waals surface area contributed by atoms with Crippen molar-refractivity contribution in [3.63, 3.8) is 0 Å². The van der Waals surface area contributed by atoms with E-state index in [-0.39, 0.29) is 6.61 Å². The third-order valence-corrected chi connectivity index (χ3v) is 4.37. The van der Waals surface area contributed by atoms with Crippen molar-refractivity contribution in [1.29, 1.82) is 0 Å². The van der Waals surface area contributed by atoms with Crippen molar-refractivity contribution in [2.45, 2.75) is 32.2 Å². The van der Waals surface area contributed by atoms with Crippen LogP contribution in [0, 0.1) is 0 Å². The first-order valence-corrected chi connectivity index (χ1v) is 8.33. The van der Waals surface area contributed by atoms with E-state index in [1.54, 1.807) is 0 Å². The fraction of sp³-hybridized carbons (Fsp3) is 0.471. The molecule has 1 aromatic carbocycles. The molecule has 1 aliphatic rings. The van der Waals surface area contributed by atoms with Crippen molar-refractivity contribution in [2.75, 3.05) is 19.7 Å². The number of rotatable bonds is 5. The molecule has 0 unspecified atom stereocenters. The number of nitrogens with one attached hydrogen (secondary N) is 1. The molecule has 2 heterocycles. The van der Waals surface area contributed by atoms with Crippen LogP contribution in [0.5, 0.6) is 0 Å². The van der Waals surface area contributed by atoms with Gasteiger partial charge in [0.25, 0.3) is 0 Å². The zero-order valence-corrected chi connectivity index (χ0v) is 13.4. The second kappa shape index (κ2) is 7.27. The Kier molecular flexibility index (Phi) is 5.13. The molecule has 22 heavy (non-hydrogen) atoms. The van der Waals surface area contributed by atoms with Crippen LogP contribution in [0.3, 0.4) is 0 Å². The third kappa shape index (κ3) is 3.35. The first-order valence-electron chi connectivity index (χ1n) is 7.95. The predicted molar refractivity (Wildman–Crippen MR) is 89.3 cm³/mol. The summed E-state index contributed by atoms with van der Waals surface area (Å²) in [7, 11) is 0. The number of aliphatic hydroxyl groups is 1. The van der Waals surface area contributed by atoms with Gasteiger partial charge in [0.1, 0.15) is 0 Å². The van der Waals surface area contributed by atoms with E-state index in [1.165, 1.54) is 22.5 Å². The van der Waals surface area contributed by atoms with Gasteiger partial charge in [-0.3, -0.25) is 4.68 Å². The maximum atomic E-state index is 9.01. The van der Waals surface area contributed by atoms with Crippen LogP contribution in [0.4, 0.5) is 0 Å². The minimum atomic E-state index is 0.237. The van der Waals surface area contributed by atoms with Crippen LogP contribution in [0.2, 0.25) is 5.02 Å². The molecule has 5 heteroatoms. The molecule has 118 valence electrons. The highest BCUT2D eigenvalue weighted by molar-refractivity contribution is 6.30. The van der Waals surface area contributed by atoms with Gasteiger partial charge in [0, 0.05) is 42.3 Å². The van der Waals surface area contributed by atoms with Crippen molar-refractivity contribution in [3.8, 4) is 11.3 Å². The van der Waals surface area contributed by atoms with Gasteiger partial charge in [-0.1, -0.05) is 23.7 Å². The van der Waals surface area contributed by atoms with Gasteiger partial charge in [0.2, 0.25) is 0 Å². The van der Waals surface area contributed by atoms with E-state index in [0.717, 1.165) is 50.3 Å². The topological polar surface area (TPSA) is 50.1 Å². The molecule has 2 N–H and O–H groups in total. The van der Waals surface area contributed by atoms with Crippen LogP contribution in [-0.2, 0) is 19.4 Å². The minimum absolute atomic E-state index is 0.237. The number of halogens is 1. The molecule has 0 spiro atoms. The fourth-order valence-electron chi connectivity index (χ4n) is 3.02. The van der Waals surface area contributed by atoms with Gasteiger partial charge in [-0.25, -0.2) is 0 Å². The largest absolute Gasteiger partial charge is 0.396 e. The van der Waals surface area contributed by atoms with Crippen LogP contribution >= 0.6 is 11.6 Å².